The average Bonchev–Trinajstić information content (AvgIpc) is 1.56. The number of hydrogen-bond donors (Lipinski definition) is 1. The zero-order valence-corrected chi connectivity index (χ0v) is 10.8. The second-order valence-electron chi connectivity index (χ2n) is 3.36. The molecule has 0 aromatic heterocycles. The first-order valence-electron chi connectivity index (χ1n) is 3.41. The zero-order chi connectivity index (χ0) is 9.28. The second kappa shape index (κ2) is 4.93. The Balaban J connectivity index is 0. The van der Waals surface area contributed by atoms with Crippen molar-refractivity contribution in [1.29, 1.82) is 0 Å². The van der Waals surface area contributed by atoms with Crippen molar-refractivity contribution < 1.29 is 42.5 Å². The van der Waals surface area contributed by atoms with Gasteiger partial charge in [-0.1, -0.05) is 13.8 Å². The van der Waals surface area contributed by atoms with Crippen LogP contribution in [0.15, 0.2) is 0 Å². The predicted molar refractivity (Wildman–Crippen MR) is 41.7 cm³/mol. The molecule has 4 nitrogen and oxygen atoms in total. The summed E-state index contributed by atoms with van der Waals surface area (Å²) in [7, 11) is -4.37. The van der Waals surface area contributed by atoms with E-state index < -0.39 is 15.0 Å². The van der Waals surface area contributed by atoms with Gasteiger partial charge in [0.2, 0.25) is 0 Å². The van der Waals surface area contributed by atoms with Gasteiger partial charge in [-0.15, -0.1) is 0 Å². The Morgan fingerprint density at radius 2 is 1.83 bits per heavy atom. The number of rotatable bonds is 3. The Morgan fingerprint density at radius 1 is 1.50 bits per heavy atom. The summed E-state index contributed by atoms with van der Waals surface area (Å²) in [4.78, 5) is -1.62. The summed E-state index contributed by atoms with van der Waals surface area (Å²) in [6, 6.07) is 0. The van der Waals surface area contributed by atoms with Crippen molar-refractivity contribution in [3.05, 3.63) is 0 Å². The van der Waals surface area contributed by atoms with Crippen molar-refractivity contribution in [3.8, 4) is 0 Å². The molecule has 0 aliphatic heterocycles. The van der Waals surface area contributed by atoms with Crippen molar-refractivity contribution in [1.82, 2.24) is 0 Å². The quantitative estimate of drug-likeness (QED) is 0.398. The van der Waals surface area contributed by atoms with Crippen LogP contribution in [0.5, 0.6) is 0 Å². The van der Waals surface area contributed by atoms with Crippen LogP contribution in [-0.2, 0) is 10.1 Å². The maximum Gasteiger partial charge on any atom is 1.00 e. The van der Waals surface area contributed by atoms with Gasteiger partial charge in [-0.25, -0.2) is 8.42 Å². The minimum atomic E-state index is -4.37. The Kier molecular flexibility index (Phi) is 6.30. The van der Waals surface area contributed by atoms with E-state index in [1.165, 1.54) is 6.92 Å². The monoisotopic (exact) mass is 203 g/mol. The first-order chi connectivity index (χ1) is 4.67. The van der Waals surface area contributed by atoms with E-state index in [0.717, 1.165) is 0 Å². The maximum atomic E-state index is 10.5. The molecule has 0 heterocycles. The molecule has 6 heteroatoms. The summed E-state index contributed by atoms with van der Waals surface area (Å²) < 4.78 is 31.5. The standard InChI is InChI=1S/C6H15NO3S.Na/c1-5(2)4-6(3,7)11(8,9)10;/h5H,4,7H2,1-3H3,(H,8,9,10);/q;+1/p-1. The van der Waals surface area contributed by atoms with Crippen LogP contribution in [0.25, 0.3) is 0 Å². The fourth-order valence-electron chi connectivity index (χ4n) is 0.913. The molecule has 0 saturated carbocycles. The number of hydrogen-bond acceptors (Lipinski definition) is 4. The predicted octanol–water partition coefficient (Wildman–Crippen LogP) is -2.74. The molecule has 0 aromatic rings. The minimum absolute atomic E-state index is 0. The van der Waals surface area contributed by atoms with Gasteiger partial charge < -0.3 is 10.3 Å². The molecule has 0 aliphatic rings. The summed E-state index contributed by atoms with van der Waals surface area (Å²) >= 11 is 0. The molecule has 0 rings (SSSR count). The van der Waals surface area contributed by atoms with Crippen molar-refractivity contribution >= 4 is 10.1 Å². The van der Waals surface area contributed by atoms with Crippen LogP contribution in [0, 0.1) is 5.92 Å². The fourth-order valence-corrected chi connectivity index (χ4v) is 1.45. The van der Waals surface area contributed by atoms with Crippen LogP contribution in [0.3, 0.4) is 0 Å². The van der Waals surface area contributed by atoms with E-state index in [2.05, 4.69) is 0 Å². The van der Waals surface area contributed by atoms with Gasteiger partial charge in [-0.2, -0.15) is 0 Å². The molecule has 12 heavy (non-hydrogen) atoms. The van der Waals surface area contributed by atoms with E-state index in [1.54, 1.807) is 0 Å². The third-order valence-electron chi connectivity index (χ3n) is 1.38. The SMILES string of the molecule is CC(C)CC(C)(N)S(=O)(=O)[O-].[Na+]. The van der Waals surface area contributed by atoms with Crippen LogP contribution < -0.4 is 35.3 Å². The van der Waals surface area contributed by atoms with Gasteiger partial charge in [0.15, 0.2) is 0 Å². The normalized spacial score (nSPS) is 16.8. The van der Waals surface area contributed by atoms with Crippen LogP contribution in [-0.4, -0.2) is 17.8 Å². The summed E-state index contributed by atoms with van der Waals surface area (Å²) in [5.41, 5.74) is 5.29. The molecule has 0 spiro atoms. The Bertz CT molecular complexity index is 223. The van der Waals surface area contributed by atoms with E-state index in [0.29, 0.717) is 0 Å². The van der Waals surface area contributed by atoms with E-state index in [9.17, 15) is 13.0 Å². The summed E-state index contributed by atoms with van der Waals surface area (Å²) in [6.07, 6.45) is 0.193. The molecular formula is C6H14NNaO3S. The molecule has 0 amide bonds. The number of nitrogens with two attached hydrogens (primary N) is 1. The van der Waals surface area contributed by atoms with Crippen molar-refractivity contribution in [2.24, 2.45) is 11.7 Å². The Hall–Kier alpha value is 0.870. The van der Waals surface area contributed by atoms with Gasteiger partial charge >= 0.3 is 29.6 Å². The summed E-state index contributed by atoms with van der Waals surface area (Å²) in [5, 5.41) is 0. The second-order valence-corrected chi connectivity index (χ2v) is 5.21. The average molecular weight is 203 g/mol. The first kappa shape index (κ1) is 15.3. The van der Waals surface area contributed by atoms with Crippen molar-refractivity contribution in [2.75, 3.05) is 0 Å². The molecule has 0 bridgehead atoms. The third kappa shape index (κ3) is 4.79. The molecule has 2 N–H and O–H groups in total. The third-order valence-corrected chi connectivity index (χ3v) is 2.69. The van der Waals surface area contributed by atoms with Crippen LogP contribution in [0.1, 0.15) is 27.2 Å². The molecule has 1 atom stereocenters. The van der Waals surface area contributed by atoms with Gasteiger partial charge in [0.25, 0.3) is 0 Å². The van der Waals surface area contributed by atoms with Gasteiger partial charge in [-0.3, -0.25) is 0 Å². The van der Waals surface area contributed by atoms with Crippen LogP contribution in [0.4, 0.5) is 0 Å². The van der Waals surface area contributed by atoms with E-state index in [1.807, 2.05) is 13.8 Å². The summed E-state index contributed by atoms with van der Waals surface area (Å²) in [6.45, 7) is 4.88. The molecule has 0 aliphatic carbocycles. The van der Waals surface area contributed by atoms with E-state index in [-0.39, 0.29) is 41.9 Å². The zero-order valence-electron chi connectivity index (χ0n) is 7.99. The van der Waals surface area contributed by atoms with Gasteiger partial charge in [0, 0.05) is 0 Å². The maximum absolute atomic E-state index is 10.5. The van der Waals surface area contributed by atoms with E-state index >= 15 is 0 Å². The molecule has 0 fully saturated rings. The first-order valence-corrected chi connectivity index (χ1v) is 4.82. The Morgan fingerprint density at radius 3 is 1.92 bits per heavy atom. The van der Waals surface area contributed by atoms with Crippen molar-refractivity contribution in [2.45, 2.75) is 32.1 Å². The molecular weight excluding hydrogens is 189 g/mol. The molecule has 68 valence electrons. The largest absolute Gasteiger partial charge is 1.00 e. The minimum Gasteiger partial charge on any atom is -0.747 e. The Labute approximate surface area is 95.9 Å². The molecule has 1 unspecified atom stereocenters. The topological polar surface area (TPSA) is 83.2 Å². The molecule has 0 aromatic carbocycles. The van der Waals surface area contributed by atoms with E-state index in [4.69, 9.17) is 5.73 Å². The van der Waals surface area contributed by atoms with Crippen molar-refractivity contribution in [3.63, 3.8) is 0 Å². The fraction of sp³-hybridized carbons (Fsp3) is 1.00. The summed E-state index contributed by atoms with van der Waals surface area (Å²) in [5.74, 6) is 0.105. The smallest absolute Gasteiger partial charge is 0.747 e. The van der Waals surface area contributed by atoms with Crippen LogP contribution >= 0.6 is 0 Å². The van der Waals surface area contributed by atoms with Gasteiger partial charge in [0.1, 0.15) is 15.0 Å². The van der Waals surface area contributed by atoms with Gasteiger partial charge in [0.05, 0.1) is 0 Å². The molecule has 0 radical (unpaired) electrons. The van der Waals surface area contributed by atoms with Gasteiger partial charge in [-0.05, 0) is 19.3 Å². The van der Waals surface area contributed by atoms with Crippen LogP contribution in [0.2, 0.25) is 0 Å². The molecule has 0 saturated heterocycles.